The van der Waals surface area contributed by atoms with E-state index >= 15 is 0 Å². The van der Waals surface area contributed by atoms with Crippen LogP contribution in [0.25, 0.3) is 11.3 Å². The second-order valence-corrected chi connectivity index (χ2v) is 7.95. The van der Waals surface area contributed by atoms with Crippen molar-refractivity contribution in [2.24, 2.45) is 0 Å². The van der Waals surface area contributed by atoms with Gasteiger partial charge in [-0.1, -0.05) is 40.9 Å². The van der Waals surface area contributed by atoms with Crippen molar-refractivity contribution in [3.8, 4) is 11.3 Å². The minimum Gasteiger partial charge on any atom is -0.369 e. The Bertz CT molecular complexity index is 958. The lowest BCUT2D eigenvalue weighted by atomic mass is 9.96. The van der Waals surface area contributed by atoms with Crippen LogP contribution in [-0.4, -0.2) is 16.5 Å². The van der Waals surface area contributed by atoms with Gasteiger partial charge in [0.15, 0.2) is 0 Å². The first-order valence-corrected chi connectivity index (χ1v) is 9.55. The van der Waals surface area contributed by atoms with Crippen LogP contribution in [0.15, 0.2) is 48.5 Å². The van der Waals surface area contributed by atoms with Gasteiger partial charge in [-0.3, -0.25) is 0 Å². The van der Waals surface area contributed by atoms with E-state index in [-0.39, 0.29) is 11.4 Å². The molecule has 138 valence electrons. The zero-order valence-electron chi connectivity index (χ0n) is 15.6. The van der Waals surface area contributed by atoms with Gasteiger partial charge < -0.3 is 11.1 Å². The lowest BCUT2D eigenvalue weighted by Crippen LogP contribution is -2.20. The molecule has 0 radical (unpaired) electrons. The highest BCUT2D eigenvalue weighted by molar-refractivity contribution is 6.30. The number of halogens is 1. The van der Waals surface area contributed by atoms with Crippen molar-refractivity contribution in [1.82, 2.24) is 9.97 Å². The molecule has 0 spiro atoms. The lowest BCUT2D eigenvalue weighted by molar-refractivity contribution is 0.730. The molecule has 1 aliphatic rings. The molecule has 3 N–H and O–H groups in total. The van der Waals surface area contributed by atoms with Crippen LogP contribution in [0.4, 0.5) is 11.8 Å². The number of rotatable bonds is 5. The summed E-state index contributed by atoms with van der Waals surface area (Å²) in [7, 11) is 0. The van der Waals surface area contributed by atoms with Crippen molar-refractivity contribution in [2.75, 3.05) is 17.6 Å². The van der Waals surface area contributed by atoms with Gasteiger partial charge in [0.2, 0.25) is 5.95 Å². The average molecular weight is 379 g/mol. The Hall–Kier alpha value is -2.59. The summed E-state index contributed by atoms with van der Waals surface area (Å²) in [6, 6.07) is 16.5. The van der Waals surface area contributed by atoms with E-state index in [0.29, 0.717) is 0 Å². The lowest BCUT2D eigenvalue weighted by Gasteiger charge is -2.17. The molecule has 2 aromatic carbocycles. The molecule has 1 heterocycles. The Kier molecular flexibility index (Phi) is 4.52. The molecular formula is C22H23ClN4. The summed E-state index contributed by atoms with van der Waals surface area (Å²) in [5, 5.41) is 4.24. The van der Waals surface area contributed by atoms with Crippen LogP contribution in [0, 0.1) is 13.8 Å². The van der Waals surface area contributed by atoms with Crippen LogP contribution < -0.4 is 11.1 Å². The zero-order valence-corrected chi connectivity index (χ0v) is 16.3. The number of hydrogen-bond acceptors (Lipinski definition) is 4. The largest absolute Gasteiger partial charge is 0.369 e. The fourth-order valence-corrected chi connectivity index (χ4v) is 3.73. The summed E-state index contributed by atoms with van der Waals surface area (Å²) in [4.78, 5) is 8.80. The van der Waals surface area contributed by atoms with E-state index < -0.39 is 0 Å². The molecule has 5 heteroatoms. The molecule has 1 fully saturated rings. The molecule has 1 aliphatic carbocycles. The number of nitrogen functional groups attached to an aromatic ring is 1. The number of aromatic nitrogens is 2. The SMILES string of the molecule is Cc1cc(C)cc(-c2cc(NCC3(c4ccc(Cl)cc4)CC3)nc(N)n2)c1. The molecule has 1 aromatic heterocycles. The number of anilines is 2. The highest BCUT2D eigenvalue weighted by Crippen LogP contribution is 2.48. The zero-order chi connectivity index (χ0) is 19.0. The Balaban J connectivity index is 1.56. The molecule has 4 nitrogen and oxygen atoms in total. The predicted octanol–water partition coefficient (Wildman–Crippen LogP) is 5.14. The van der Waals surface area contributed by atoms with Crippen LogP contribution in [0.3, 0.4) is 0 Å². The summed E-state index contributed by atoms with van der Waals surface area (Å²) < 4.78 is 0. The number of aryl methyl sites for hydroxylation is 2. The van der Waals surface area contributed by atoms with E-state index in [1.54, 1.807) is 0 Å². The standard InChI is InChI=1S/C22H23ClN4/c1-14-9-15(2)11-16(10-14)19-12-20(27-21(24)26-19)25-13-22(7-8-22)17-3-5-18(23)6-4-17/h3-6,9-12H,7-8,13H2,1-2H3,(H3,24,25,26,27). The van der Waals surface area contributed by atoms with Gasteiger partial charge in [0.05, 0.1) is 5.69 Å². The molecule has 4 rings (SSSR count). The summed E-state index contributed by atoms with van der Waals surface area (Å²) in [5.74, 6) is 1.04. The van der Waals surface area contributed by atoms with Crippen LogP contribution in [0.1, 0.15) is 29.5 Å². The Morgan fingerprint density at radius 1 is 1.00 bits per heavy atom. The number of benzene rings is 2. The first-order valence-electron chi connectivity index (χ1n) is 9.17. The van der Waals surface area contributed by atoms with Crippen molar-refractivity contribution < 1.29 is 0 Å². The molecule has 0 saturated heterocycles. The van der Waals surface area contributed by atoms with E-state index in [4.69, 9.17) is 17.3 Å². The maximum Gasteiger partial charge on any atom is 0.222 e. The number of nitrogens with zero attached hydrogens (tertiary/aromatic N) is 2. The van der Waals surface area contributed by atoms with Crippen LogP contribution in [0.5, 0.6) is 0 Å². The predicted molar refractivity (Wildman–Crippen MR) is 112 cm³/mol. The quantitative estimate of drug-likeness (QED) is 0.645. The van der Waals surface area contributed by atoms with E-state index in [1.807, 2.05) is 18.2 Å². The Morgan fingerprint density at radius 3 is 2.30 bits per heavy atom. The van der Waals surface area contributed by atoms with Crippen molar-refractivity contribution in [1.29, 1.82) is 0 Å². The van der Waals surface area contributed by atoms with Gasteiger partial charge in [-0.25, -0.2) is 4.98 Å². The van der Waals surface area contributed by atoms with Crippen LogP contribution >= 0.6 is 11.6 Å². The fourth-order valence-electron chi connectivity index (χ4n) is 3.61. The number of nitrogens with two attached hydrogens (primary N) is 1. The van der Waals surface area contributed by atoms with Gasteiger partial charge in [0.25, 0.3) is 0 Å². The molecule has 0 unspecified atom stereocenters. The topological polar surface area (TPSA) is 63.8 Å². The van der Waals surface area contributed by atoms with Gasteiger partial charge in [0, 0.05) is 28.6 Å². The van der Waals surface area contributed by atoms with Crippen LogP contribution in [-0.2, 0) is 5.41 Å². The molecule has 3 aromatic rings. The van der Waals surface area contributed by atoms with Crippen molar-refractivity contribution in [3.05, 3.63) is 70.2 Å². The van der Waals surface area contributed by atoms with Crippen molar-refractivity contribution >= 4 is 23.4 Å². The maximum absolute atomic E-state index is 6.02. The minimum absolute atomic E-state index is 0.157. The van der Waals surface area contributed by atoms with Gasteiger partial charge in [-0.15, -0.1) is 0 Å². The first kappa shape index (κ1) is 17.8. The Morgan fingerprint density at radius 2 is 1.67 bits per heavy atom. The first-order chi connectivity index (χ1) is 12.9. The summed E-state index contributed by atoms with van der Waals surface area (Å²) in [5.41, 5.74) is 11.8. The normalized spacial score (nSPS) is 14.8. The summed E-state index contributed by atoms with van der Waals surface area (Å²) >= 11 is 6.02. The van der Waals surface area contributed by atoms with E-state index in [9.17, 15) is 0 Å². The maximum atomic E-state index is 6.02. The van der Waals surface area contributed by atoms with Gasteiger partial charge in [-0.05, 0) is 56.5 Å². The fraction of sp³-hybridized carbons (Fsp3) is 0.273. The third-order valence-electron chi connectivity index (χ3n) is 5.18. The highest BCUT2D eigenvalue weighted by atomic mass is 35.5. The second-order valence-electron chi connectivity index (χ2n) is 7.51. The third kappa shape index (κ3) is 3.91. The smallest absolute Gasteiger partial charge is 0.222 e. The monoisotopic (exact) mass is 378 g/mol. The van der Waals surface area contributed by atoms with E-state index in [2.05, 4.69) is 59.5 Å². The molecule has 0 amide bonds. The average Bonchev–Trinajstić information content (AvgIpc) is 3.40. The summed E-state index contributed by atoms with van der Waals surface area (Å²) in [6.07, 6.45) is 2.32. The van der Waals surface area contributed by atoms with E-state index in [1.165, 1.54) is 16.7 Å². The van der Waals surface area contributed by atoms with Gasteiger partial charge in [-0.2, -0.15) is 4.98 Å². The molecule has 0 atom stereocenters. The number of nitrogens with one attached hydrogen (secondary N) is 1. The second kappa shape index (κ2) is 6.86. The van der Waals surface area contributed by atoms with Crippen molar-refractivity contribution in [2.45, 2.75) is 32.1 Å². The van der Waals surface area contributed by atoms with Crippen LogP contribution in [0.2, 0.25) is 5.02 Å². The molecule has 0 aliphatic heterocycles. The molecule has 0 bridgehead atoms. The molecular weight excluding hydrogens is 356 g/mol. The van der Waals surface area contributed by atoms with E-state index in [0.717, 1.165) is 41.5 Å². The molecule has 27 heavy (non-hydrogen) atoms. The minimum atomic E-state index is 0.157. The Labute approximate surface area is 164 Å². The van der Waals surface area contributed by atoms with Gasteiger partial charge in [0.1, 0.15) is 5.82 Å². The third-order valence-corrected chi connectivity index (χ3v) is 5.43. The van der Waals surface area contributed by atoms with Crippen molar-refractivity contribution in [3.63, 3.8) is 0 Å². The van der Waals surface area contributed by atoms with Gasteiger partial charge >= 0.3 is 0 Å². The summed E-state index contributed by atoms with van der Waals surface area (Å²) in [6.45, 7) is 4.99. The number of hydrogen-bond donors (Lipinski definition) is 2. The highest BCUT2D eigenvalue weighted by Gasteiger charge is 2.44. The molecule has 1 saturated carbocycles.